The van der Waals surface area contributed by atoms with Gasteiger partial charge in [0.05, 0.1) is 0 Å². The van der Waals surface area contributed by atoms with Crippen LogP contribution in [0.15, 0.2) is 12.4 Å². The van der Waals surface area contributed by atoms with Gasteiger partial charge in [-0.05, 0) is 18.8 Å². The minimum Gasteiger partial charge on any atom is -0.351 e. The Balaban J connectivity index is 3.12. The molecule has 0 aromatic carbocycles. The fourth-order valence-corrected chi connectivity index (χ4v) is 2.15. The van der Waals surface area contributed by atoms with E-state index in [4.69, 9.17) is 5.26 Å². The molecular formula is C14H22N4. The van der Waals surface area contributed by atoms with E-state index < -0.39 is 0 Å². The van der Waals surface area contributed by atoms with E-state index in [2.05, 4.69) is 48.6 Å². The molecule has 0 saturated carbocycles. The van der Waals surface area contributed by atoms with Gasteiger partial charge in [0, 0.05) is 25.0 Å². The summed E-state index contributed by atoms with van der Waals surface area (Å²) in [6, 6.07) is 2.55. The maximum absolute atomic E-state index is 9.15. The Bertz CT molecular complexity index is 405. The number of anilines is 1. The Hall–Kier alpha value is -1.63. The number of hydrogen-bond acceptors (Lipinski definition) is 4. The van der Waals surface area contributed by atoms with E-state index in [0.29, 0.717) is 17.7 Å². The van der Waals surface area contributed by atoms with Crippen LogP contribution >= 0.6 is 0 Å². The average molecular weight is 246 g/mol. The first kappa shape index (κ1) is 14.4. The zero-order chi connectivity index (χ0) is 13.5. The third-order valence-electron chi connectivity index (χ3n) is 3.00. The summed E-state index contributed by atoms with van der Waals surface area (Å²) in [6.45, 7) is 9.60. The molecule has 1 aromatic rings. The summed E-state index contributed by atoms with van der Waals surface area (Å²) in [6.07, 6.45) is 5.32. The molecule has 0 radical (unpaired) electrons. The molecule has 0 fully saturated rings. The SMILES string of the molecule is CCC(CC)N(CC(C)C)c1nccnc1C#N. The van der Waals surface area contributed by atoms with Crippen molar-refractivity contribution in [3.05, 3.63) is 18.1 Å². The third kappa shape index (κ3) is 3.43. The quantitative estimate of drug-likeness (QED) is 0.774. The summed E-state index contributed by atoms with van der Waals surface area (Å²) in [4.78, 5) is 10.7. The number of rotatable bonds is 6. The van der Waals surface area contributed by atoms with Crippen molar-refractivity contribution in [1.82, 2.24) is 9.97 Å². The lowest BCUT2D eigenvalue weighted by atomic mass is 10.1. The van der Waals surface area contributed by atoms with Gasteiger partial charge in [-0.25, -0.2) is 9.97 Å². The van der Waals surface area contributed by atoms with E-state index >= 15 is 0 Å². The van der Waals surface area contributed by atoms with Crippen LogP contribution in [0.5, 0.6) is 0 Å². The van der Waals surface area contributed by atoms with E-state index in [1.807, 2.05) is 0 Å². The van der Waals surface area contributed by atoms with Crippen LogP contribution in [0.3, 0.4) is 0 Å². The summed E-state index contributed by atoms with van der Waals surface area (Å²) in [5, 5.41) is 9.15. The van der Waals surface area contributed by atoms with Crippen LogP contribution in [0.2, 0.25) is 0 Å². The Morgan fingerprint density at radius 2 is 1.83 bits per heavy atom. The molecule has 0 bridgehead atoms. The van der Waals surface area contributed by atoms with Crippen molar-refractivity contribution in [3.63, 3.8) is 0 Å². The van der Waals surface area contributed by atoms with Gasteiger partial charge in [0.25, 0.3) is 0 Å². The summed E-state index contributed by atoms with van der Waals surface area (Å²) in [5.74, 6) is 1.25. The number of nitriles is 1. The molecule has 0 amide bonds. The molecule has 0 aliphatic heterocycles. The second-order valence-corrected chi connectivity index (χ2v) is 4.86. The Labute approximate surface area is 110 Å². The van der Waals surface area contributed by atoms with E-state index in [0.717, 1.165) is 25.2 Å². The maximum atomic E-state index is 9.15. The van der Waals surface area contributed by atoms with Crippen LogP contribution in [0.4, 0.5) is 5.82 Å². The molecule has 4 heteroatoms. The van der Waals surface area contributed by atoms with Crippen LogP contribution in [0.25, 0.3) is 0 Å². The fourth-order valence-electron chi connectivity index (χ4n) is 2.15. The van der Waals surface area contributed by atoms with Gasteiger partial charge in [0.15, 0.2) is 11.5 Å². The van der Waals surface area contributed by atoms with Gasteiger partial charge in [-0.15, -0.1) is 0 Å². The van der Waals surface area contributed by atoms with Crippen molar-refractivity contribution >= 4 is 5.82 Å². The van der Waals surface area contributed by atoms with Gasteiger partial charge in [0.2, 0.25) is 0 Å². The molecule has 0 unspecified atom stereocenters. The van der Waals surface area contributed by atoms with Crippen molar-refractivity contribution in [2.75, 3.05) is 11.4 Å². The van der Waals surface area contributed by atoms with Crippen molar-refractivity contribution in [2.24, 2.45) is 5.92 Å². The molecule has 1 heterocycles. The number of hydrogen-bond donors (Lipinski definition) is 0. The highest BCUT2D eigenvalue weighted by atomic mass is 15.2. The molecule has 0 spiro atoms. The molecule has 0 aliphatic carbocycles. The average Bonchev–Trinajstić information content (AvgIpc) is 2.38. The number of aromatic nitrogens is 2. The molecule has 1 aromatic heterocycles. The molecule has 4 nitrogen and oxygen atoms in total. The van der Waals surface area contributed by atoms with Gasteiger partial charge in [-0.2, -0.15) is 5.26 Å². The minimum absolute atomic E-state index is 0.413. The molecule has 0 N–H and O–H groups in total. The van der Waals surface area contributed by atoms with Crippen molar-refractivity contribution in [2.45, 2.75) is 46.6 Å². The minimum atomic E-state index is 0.413. The summed E-state index contributed by atoms with van der Waals surface area (Å²) in [5.41, 5.74) is 0.421. The zero-order valence-corrected chi connectivity index (χ0v) is 11.7. The first-order valence-electron chi connectivity index (χ1n) is 6.61. The highest BCUT2D eigenvalue weighted by molar-refractivity contribution is 5.50. The van der Waals surface area contributed by atoms with Gasteiger partial charge >= 0.3 is 0 Å². The molecular weight excluding hydrogens is 224 g/mol. The van der Waals surface area contributed by atoms with E-state index in [1.54, 1.807) is 12.4 Å². The van der Waals surface area contributed by atoms with Gasteiger partial charge in [-0.3, -0.25) is 0 Å². The lowest BCUT2D eigenvalue weighted by Crippen LogP contribution is -2.38. The molecule has 0 atom stereocenters. The van der Waals surface area contributed by atoms with Gasteiger partial charge < -0.3 is 4.90 Å². The van der Waals surface area contributed by atoms with Crippen LogP contribution in [0, 0.1) is 17.2 Å². The van der Waals surface area contributed by atoms with Crippen LogP contribution < -0.4 is 4.90 Å². The highest BCUT2D eigenvalue weighted by Gasteiger charge is 2.21. The maximum Gasteiger partial charge on any atom is 0.183 e. The standard InChI is InChI=1S/C14H22N4/c1-5-12(6-2)18(10-11(3)4)14-13(9-15)16-7-8-17-14/h7-8,11-12H,5-6,10H2,1-4H3. The predicted octanol–water partition coefficient (Wildman–Crippen LogP) is 3.00. The van der Waals surface area contributed by atoms with Crippen LogP contribution in [-0.2, 0) is 0 Å². The second kappa shape index (κ2) is 6.95. The first-order valence-corrected chi connectivity index (χ1v) is 6.61. The Morgan fingerprint density at radius 1 is 1.22 bits per heavy atom. The first-order chi connectivity index (χ1) is 8.63. The predicted molar refractivity (Wildman–Crippen MR) is 73.3 cm³/mol. The molecule has 0 aliphatic rings. The van der Waals surface area contributed by atoms with Crippen molar-refractivity contribution < 1.29 is 0 Å². The van der Waals surface area contributed by atoms with Crippen LogP contribution in [0.1, 0.15) is 46.2 Å². The van der Waals surface area contributed by atoms with Crippen molar-refractivity contribution in [1.29, 1.82) is 5.26 Å². The summed E-state index contributed by atoms with van der Waals surface area (Å²) >= 11 is 0. The molecule has 18 heavy (non-hydrogen) atoms. The fraction of sp³-hybridized carbons (Fsp3) is 0.643. The van der Waals surface area contributed by atoms with E-state index in [9.17, 15) is 0 Å². The lowest BCUT2D eigenvalue weighted by Gasteiger charge is -2.33. The summed E-state index contributed by atoms with van der Waals surface area (Å²) < 4.78 is 0. The Morgan fingerprint density at radius 3 is 2.33 bits per heavy atom. The van der Waals surface area contributed by atoms with Crippen LogP contribution in [-0.4, -0.2) is 22.6 Å². The molecule has 1 rings (SSSR count). The largest absolute Gasteiger partial charge is 0.351 e. The van der Waals surface area contributed by atoms with Gasteiger partial charge in [0.1, 0.15) is 6.07 Å². The van der Waals surface area contributed by atoms with E-state index in [1.165, 1.54) is 0 Å². The second-order valence-electron chi connectivity index (χ2n) is 4.86. The highest BCUT2D eigenvalue weighted by Crippen LogP contribution is 2.21. The third-order valence-corrected chi connectivity index (χ3v) is 3.00. The molecule has 0 saturated heterocycles. The summed E-state index contributed by atoms with van der Waals surface area (Å²) in [7, 11) is 0. The smallest absolute Gasteiger partial charge is 0.183 e. The lowest BCUT2D eigenvalue weighted by molar-refractivity contribution is 0.502. The van der Waals surface area contributed by atoms with E-state index in [-0.39, 0.29) is 0 Å². The monoisotopic (exact) mass is 246 g/mol. The molecule has 98 valence electrons. The normalized spacial score (nSPS) is 10.7. The Kier molecular flexibility index (Phi) is 5.57. The van der Waals surface area contributed by atoms with Crippen molar-refractivity contribution in [3.8, 4) is 6.07 Å². The zero-order valence-electron chi connectivity index (χ0n) is 11.7. The van der Waals surface area contributed by atoms with Gasteiger partial charge in [-0.1, -0.05) is 27.7 Å². The topological polar surface area (TPSA) is 52.8 Å². The number of nitrogens with zero attached hydrogens (tertiary/aromatic N) is 4.